The van der Waals surface area contributed by atoms with Crippen LogP contribution < -0.4 is 0 Å². The fourth-order valence-electron chi connectivity index (χ4n) is 3.51. The molecule has 0 spiro atoms. The Hall–Kier alpha value is -1.71. The second-order valence-corrected chi connectivity index (χ2v) is 9.24. The third-order valence-electron chi connectivity index (χ3n) is 4.80. The Morgan fingerprint density at radius 1 is 1.30 bits per heavy atom. The van der Waals surface area contributed by atoms with E-state index in [4.69, 9.17) is 23.5 Å². The highest BCUT2D eigenvalue weighted by molar-refractivity contribution is 5.69. The number of rotatable bonds is 9. The van der Waals surface area contributed by atoms with Crippen LogP contribution in [0.1, 0.15) is 79.1 Å². The van der Waals surface area contributed by atoms with E-state index in [0.717, 1.165) is 12.8 Å². The smallest absolute Gasteiger partial charge is 0.410 e. The van der Waals surface area contributed by atoms with Crippen molar-refractivity contribution in [1.29, 1.82) is 0 Å². The molecule has 172 valence electrons. The fraction of sp³-hybridized carbons (Fsp3) is 0.857. The molecule has 1 amide bonds. The van der Waals surface area contributed by atoms with Crippen LogP contribution in [0, 0.1) is 0 Å². The molecular formula is C21H37N3O6. The third-order valence-corrected chi connectivity index (χ3v) is 4.80. The van der Waals surface area contributed by atoms with Crippen molar-refractivity contribution < 1.29 is 28.3 Å². The number of methoxy groups -OCH3 is 1. The zero-order valence-electron chi connectivity index (χ0n) is 19.6. The topological polar surface area (TPSA) is 96.1 Å². The quantitative estimate of drug-likeness (QED) is 0.549. The number of hydrogen-bond donors (Lipinski definition) is 0. The third kappa shape index (κ3) is 6.39. The highest BCUT2D eigenvalue weighted by Gasteiger charge is 2.42. The molecule has 0 aliphatic carbocycles. The van der Waals surface area contributed by atoms with E-state index in [0.29, 0.717) is 31.5 Å². The van der Waals surface area contributed by atoms with E-state index in [1.165, 1.54) is 0 Å². The predicted octanol–water partition coefficient (Wildman–Crippen LogP) is 3.83. The Balaban J connectivity index is 2.31. The lowest BCUT2D eigenvalue weighted by atomic mass is 9.95. The molecule has 1 aliphatic heterocycles. The van der Waals surface area contributed by atoms with Gasteiger partial charge in [-0.05, 0) is 61.3 Å². The van der Waals surface area contributed by atoms with Crippen molar-refractivity contribution in [1.82, 2.24) is 15.0 Å². The molecule has 1 aromatic heterocycles. The average molecular weight is 428 g/mol. The van der Waals surface area contributed by atoms with E-state index < -0.39 is 23.4 Å². The van der Waals surface area contributed by atoms with Crippen LogP contribution in [-0.4, -0.2) is 65.9 Å². The van der Waals surface area contributed by atoms with Gasteiger partial charge in [-0.2, -0.15) is 4.98 Å². The molecule has 30 heavy (non-hydrogen) atoms. The molecule has 9 nitrogen and oxygen atoms in total. The highest BCUT2D eigenvalue weighted by atomic mass is 16.7. The van der Waals surface area contributed by atoms with Gasteiger partial charge in [0, 0.05) is 20.3 Å². The van der Waals surface area contributed by atoms with Gasteiger partial charge in [-0.1, -0.05) is 5.16 Å². The summed E-state index contributed by atoms with van der Waals surface area (Å²) in [5, 5.41) is 4.19. The molecule has 0 bridgehead atoms. The molecule has 1 fully saturated rings. The molecule has 9 heteroatoms. The average Bonchev–Trinajstić information content (AvgIpc) is 3.28. The predicted molar refractivity (Wildman–Crippen MR) is 110 cm³/mol. The lowest BCUT2D eigenvalue weighted by molar-refractivity contribution is -0.174. The van der Waals surface area contributed by atoms with Gasteiger partial charge < -0.3 is 28.4 Å². The van der Waals surface area contributed by atoms with Crippen LogP contribution in [-0.2, 0) is 24.4 Å². The summed E-state index contributed by atoms with van der Waals surface area (Å²) in [6, 6.07) is -0.279. The molecule has 0 aromatic carbocycles. The van der Waals surface area contributed by atoms with Crippen molar-refractivity contribution in [2.45, 2.75) is 90.8 Å². The molecule has 2 heterocycles. The largest absolute Gasteiger partial charge is 0.444 e. The minimum atomic E-state index is -0.600. The first-order valence-electron chi connectivity index (χ1n) is 10.6. The molecule has 1 aliphatic rings. The van der Waals surface area contributed by atoms with Crippen LogP contribution in [0.4, 0.5) is 4.79 Å². The summed E-state index contributed by atoms with van der Waals surface area (Å²) >= 11 is 0. The summed E-state index contributed by atoms with van der Waals surface area (Å²) in [6.07, 6.45) is 0.124. The zero-order valence-corrected chi connectivity index (χ0v) is 19.6. The molecule has 0 radical (unpaired) electrons. The molecular weight excluding hydrogens is 390 g/mol. The number of carbonyl (C=O) groups is 1. The number of amides is 1. The minimum Gasteiger partial charge on any atom is -0.444 e. The first-order chi connectivity index (χ1) is 14.0. The van der Waals surface area contributed by atoms with Gasteiger partial charge in [-0.3, -0.25) is 0 Å². The van der Waals surface area contributed by atoms with Gasteiger partial charge in [0.25, 0.3) is 0 Å². The SMILES string of the molecule is CCO[C@H](C)OC(c1noc(C(C)(C)COC)n1)C1CCCN1C(=O)OC(C)(C)C. The van der Waals surface area contributed by atoms with Gasteiger partial charge in [0.2, 0.25) is 11.7 Å². The first kappa shape index (κ1) is 24.6. The number of hydrogen-bond acceptors (Lipinski definition) is 8. The standard InChI is InChI=1S/C21H37N3O6/c1-9-27-14(2)28-16(17-22-18(30-23-17)21(6,7)13-26-8)15-11-10-12-24(15)19(25)29-20(3,4)5/h14-16H,9-13H2,1-8H3/t14-,15?,16?/m0/s1. The van der Waals surface area contributed by atoms with Crippen LogP contribution in [0.15, 0.2) is 4.52 Å². The highest BCUT2D eigenvalue weighted by Crippen LogP contribution is 2.34. The van der Waals surface area contributed by atoms with Crippen molar-refractivity contribution in [3.8, 4) is 0 Å². The summed E-state index contributed by atoms with van der Waals surface area (Å²) in [4.78, 5) is 19.1. The van der Waals surface area contributed by atoms with Gasteiger partial charge >= 0.3 is 6.09 Å². The summed E-state index contributed by atoms with van der Waals surface area (Å²) in [5.41, 5.74) is -1.03. The summed E-state index contributed by atoms with van der Waals surface area (Å²) in [6.45, 7) is 14.7. The molecule has 2 rings (SSSR count). The van der Waals surface area contributed by atoms with Crippen molar-refractivity contribution >= 4 is 6.09 Å². The molecule has 0 N–H and O–H groups in total. The van der Waals surface area contributed by atoms with Crippen LogP contribution in [0.5, 0.6) is 0 Å². The number of carbonyl (C=O) groups excluding carboxylic acids is 1. The summed E-state index contributed by atoms with van der Waals surface area (Å²) in [7, 11) is 1.63. The number of ether oxygens (including phenoxy) is 4. The minimum absolute atomic E-state index is 0.279. The zero-order chi connectivity index (χ0) is 22.5. The lowest BCUT2D eigenvalue weighted by Gasteiger charge is -2.33. The maximum Gasteiger partial charge on any atom is 0.410 e. The van der Waals surface area contributed by atoms with Crippen molar-refractivity contribution in [2.24, 2.45) is 0 Å². The van der Waals surface area contributed by atoms with E-state index in [2.05, 4.69) is 10.1 Å². The first-order valence-corrected chi connectivity index (χ1v) is 10.6. The van der Waals surface area contributed by atoms with E-state index in [-0.39, 0.29) is 12.1 Å². The Labute approximate surface area is 179 Å². The fourth-order valence-corrected chi connectivity index (χ4v) is 3.51. The maximum absolute atomic E-state index is 12.8. The van der Waals surface area contributed by atoms with Gasteiger partial charge in [-0.25, -0.2) is 4.79 Å². The number of likely N-dealkylation sites (tertiary alicyclic amines) is 1. The summed E-state index contributed by atoms with van der Waals surface area (Å²) in [5.74, 6) is 0.847. The van der Waals surface area contributed by atoms with Crippen LogP contribution in [0.25, 0.3) is 0 Å². The Kier molecular flexibility index (Phi) is 8.24. The summed E-state index contributed by atoms with van der Waals surface area (Å²) < 4.78 is 28.2. The van der Waals surface area contributed by atoms with Crippen LogP contribution >= 0.6 is 0 Å². The number of nitrogens with zero attached hydrogens (tertiary/aromatic N) is 3. The van der Waals surface area contributed by atoms with Crippen molar-refractivity contribution in [2.75, 3.05) is 26.9 Å². The monoisotopic (exact) mass is 427 g/mol. The normalized spacial score (nSPS) is 19.7. The van der Waals surface area contributed by atoms with Crippen LogP contribution in [0.3, 0.4) is 0 Å². The van der Waals surface area contributed by atoms with Crippen LogP contribution in [0.2, 0.25) is 0 Å². The Bertz CT molecular complexity index is 685. The van der Waals surface area contributed by atoms with Crippen molar-refractivity contribution in [3.05, 3.63) is 11.7 Å². The van der Waals surface area contributed by atoms with Gasteiger partial charge in [-0.15, -0.1) is 0 Å². The Morgan fingerprint density at radius 3 is 2.60 bits per heavy atom. The molecule has 0 saturated carbocycles. The molecule has 1 saturated heterocycles. The second kappa shape index (κ2) is 10.1. The van der Waals surface area contributed by atoms with E-state index in [9.17, 15) is 4.79 Å². The van der Waals surface area contributed by atoms with E-state index in [1.54, 1.807) is 12.0 Å². The lowest BCUT2D eigenvalue weighted by Crippen LogP contribution is -2.44. The molecule has 2 unspecified atom stereocenters. The van der Waals surface area contributed by atoms with Crippen molar-refractivity contribution in [3.63, 3.8) is 0 Å². The van der Waals surface area contributed by atoms with E-state index in [1.807, 2.05) is 48.5 Å². The number of aromatic nitrogens is 2. The molecule has 1 aromatic rings. The Morgan fingerprint density at radius 2 is 2.00 bits per heavy atom. The van der Waals surface area contributed by atoms with E-state index >= 15 is 0 Å². The second-order valence-electron chi connectivity index (χ2n) is 9.24. The molecule has 3 atom stereocenters. The van der Waals surface area contributed by atoms with Gasteiger partial charge in [0.05, 0.1) is 18.1 Å². The maximum atomic E-state index is 12.8. The van der Waals surface area contributed by atoms with Gasteiger partial charge in [0.1, 0.15) is 11.7 Å². The van der Waals surface area contributed by atoms with Gasteiger partial charge in [0.15, 0.2) is 6.29 Å².